The van der Waals surface area contributed by atoms with Gasteiger partial charge in [0.05, 0.1) is 24.8 Å². The highest BCUT2D eigenvalue weighted by Gasteiger charge is 2.25. The second kappa shape index (κ2) is 9.47. The first-order chi connectivity index (χ1) is 14.7. The van der Waals surface area contributed by atoms with Crippen LogP contribution in [0.15, 0.2) is 71.9 Å². The number of ketones is 1. The van der Waals surface area contributed by atoms with Crippen LogP contribution in [0.25, 0.3) is 0 Å². The molecule has 2 aliphatic rings. The maximum Gasteiger partial charge on any atom is 0.333 e. The molecule has 0 aliphatic carbocycles. The van der Waals surface area contributed by atoms with Gasteiger partial charge in [0.15, 0.2) is 5.78 Å². The molecule has 2 amide bonds. The number of carbonyl (C=O) groups excluding carboxylic acids is 2. The van der Waals surface area contributed by atoms with E-state index >= 15 is 0 Å². The number of hydrazine groups is 1. The van der Waals surface area contributed by atoms with E-state index in [2.05, 4.69) is 15.7 Å². The Morgan fingerprint density at radius 1 is 1.10 bits per heavy atom. The van der Waals surface area contributed by atoms with E-state index in [4.69, 9.17) is 4.74 Å². The lowest BCUT2D eigenvalue weighted by molar-refractivity contribution is -0.113. The van der Waals surface area contributed by atoms with Crippen LogP contribution < -0.4 is 10.7 Å². The summed E-state index contributed by atoms with van der Waals surface area (Å²) in [5.41, 5.74) is 5.85. The van der Waals surface area contributed by atoms with Crippen LogP contribution in [0.5, 0.6) is 0 Å². The summed E-state index contributed by atoms with van der Waals surface area (Å²) in [7, 11) is 0. The number of hydrogen-bond donors (Lipinski definition) is 2. The van der Waals surface area contributed by atoms with Crippen LogP contribution in [-0.2, 0) is 16.0 Å². The predicted octanol–water partition coefficient (Wildman–Crippen LogP) is 2.92. The molecule has 2 N–H and O–H groups in total. The Bertz CT molecular complexity index is 965. The molecule has 0 radical (unpaired) electrons. The van der Waals surface area contributed by atoms with Crippen molar-refractivity contribution in [2.75, 3.05) is 31.6 Å². The molecule has 2 heterocycles. The summed E-state index contributed by atoms with van der Waals surface area (Å²) in [6, 6.07) is 16.9. The van der Waals surface area contributed by atoms with Crippen LogP contribution in [0.3, 0.4) is 0 Å². The zero-order valence-electron chi connectivity index (χ0n) is 16.6. The third-order valence-corrected chi connectivity index (χ3v) is 5.06. The van der Waals surface area contributed by atoms with E-state index in [1.165, 1.54) is 0 Å². The van der Waals surface area contributed by atoms with Gasteiger partial charge in [0, 0.05) is 31.4 Å². The van der Waals surface area contributed by atoms with Crippen molar-refractivity contribution in [3.63, 3.8) is 0 Å². The Labute approximate surface area is 175 Å². The molecule has 0 bridgehead atoms. The molecule has 30 heavy (non-hydrogen) atoms. The minimum absolute atomic E-state index is 0.0173. The number of Topliss-reactive ketones (excluding diaryl/α,β-unsaturated/α-hetero) is 1. The average Bonchev–Trinajstić information content (AvgIpc) is 2.77. The zero-order chi connectivity index (χ0) is 20.8. The van der Waals surface area contributed by atoms with Crippen molar-refractivity contribution in [2.45, 2.75) is 12.3 Å². The van der Waals surface area contributed by atoms with Crippen LogP contribution in [0.4, 0.5) is 10.5 Å². The van der Waals surface area contributed by atoms with Gasteiger partial charge in [-0.1, -0.05) is 48.5 Å². The molecule has 0 aromatic heterocycles. The number of morpholine rings is 1. The molecule has 1 unspecified atom stereocenters. The second-order valence-corrected chi connectivity index (χ2v) is 7.21. The Balaban J connectivity index is 1.41. The van der Waals surface area contributed by atoms with Gasteiger partial charge in [0.2, 0.25) is 0 Å². The lowest BCUT2D eigenvalue weighted by Gasteiger charge is -2.27. The van der Waals surface area contributed by atoms with Crippen molar-refractivity contribution in [2.24, 2.45) is 4.99 Å². The maximum absolute atomic E-state index is 13.0. The van der Waals surface area contributed by atoms with Crippen molar-refractivity contribution in [1.82, 2.24) is 10.4 Å². The summed E-state index contributed by atoms with van der Waals surface area (Å²) in [6.45, 7) is 2.49. The highest BCUT2D eigenvalue weighted by molar-refractivity contribution is 6.43. The number of ether oxygens (including phenoxy) is 1. The molecule has 0 saturated carbocycles. The van der Waals surface area contributed by atoms with Gasteiger partial charge in [0.1, 0.15) is 0 Å². The number of aliphatic imine (C=N–C) groups is 1. The van der Waals surface area contributed by atoms with Crippen molar-refractivity contribution in [1.29, 1.82) is 0 Å². The molecular weight excluding hydrogens is 380 g/mol. The standard InChI is InChI=1S/C23H24N4O3/c28-22-20(9-10-24-21(22)15-17-5-2-1-3-6-17)18-7-4-8-19(16-18)25-23(29)26-27-11-13-30-14-12-27/h1-10,16,20H,11-15H2,(H2,25,26,29). The SMILES string of the molecule is O=C(Nc1cccc(C2C=CN=C(Cc3ccccc3)C2=O)c1)NN1CCOCC1. The minimum atomic E-state index is -0.412. The average molecular weight is 404 g/mol. The summed E-state index contributed by atoms with van der Waals surface area (Å²) in [5.74, 6) is -0.429. The van der Waals surface area contributed by atoms with E-state index < -0.39 is 5.92 Å². The lowest BCUT2D eigenvalue weighted by Crippen LogP contribution is -2.49. The van der Waals surface area contributed by atoms with Gasteiger partial charge in [-0.2, -0.15) is 0 Å². The first-order valence-corrected chi connectivity index (χ1v) is 10.0. The minimum Gasteiger partial charge on any atom is -0.379 e. The third kappa shape index (κ3) is 5.00. The zero-order valence-corrected chi connectivity index (χ0v) is 16.6. The molecule has 7 heteroatoms. The largest absolute Gasteiger partial charge is 0.379 e. The Morgan fingerprint density at radius 3 is 2.70 bits per heavy atom. The maximum atomic E-state index is 13.0. The van der Waals surface area contributed by atoms with Gasteiger partial charge < -0.3 is 10.1 Å². The fraction of sp³-hybridized carbons (Fsp3) is 0.261. The van der Waals surface area contributed by atoms with Crippen LogP contribution >= 0.6 is 0 Å². The monoisotopic (exact) mass is 404 g/mol. The highest BCUT2D eigenvalue weighted by Crippen LogP contribution is 2.25. The fourth-order valence-corrected chi connectivity index (χ4v) is 3.52. The number of rotatable bonds is 5. The third-order valence-electron chi connectivity index (χ3n) is 5.06. The first-order valence-electron chi connectivity index (χ1n) is 10.0. The quantitative estimate of drug-likeness (QED) is 0.803. The molecule has 1 saturated heterocycles. The molecule has 1 fully saturated rings. The van der Waals surface area contributed by atoms with Crippen LogP contribution in [0.2, 0.25) is 0 Å². The molecule has 7 nitrogen and oxygen atoms in total. The normalized spacial score (nSPS) is 19.3. The van der Waals surface area contributed by atoms with Crippen LogP contribution in [-0.4, -0.2) is 48.8 Å². The number of benzene rings is 2. The number of anilines is 1. The van der Waals surface area contributed by atoms with E-state index in [9.17, 15) is 9.59 Å². The first kappa shape index (κ1) is 20.0. The second-order valence-electron chi connectivity index (χ2n) is 7.21. The van der Waals surface area contributed by atoms with E-state index in [0.717, 1.165) is 11.1 Å². The van der Waals surface area contributed by atoms with Crippen LogP contribution in [0, 0.1) is 0 Å². The lowest BCUT2D eigenvalue weighted by atomic mass is 9.88. The number of nitrogens with one attached hydrogen (secondary N) is 2. The summed E-state index contributed by atoms with van der Waals surface area (Å²) >= 11 is 0. The summed E-state index contributed by atoms with van der Waals surface area (Å²) in [5, 5.41) is 4.66. The number of allylic oxidation sites excluding steroid dienone is 1. The molecule has 4 rings (SSSR count). The summed E-state index contributed by atoms with van der Waals surface area (Å²) in [6.07, 6.45) is 3.99. The smallest absolute Gasteiger partial charge is 0.333 e. The van der Waals surface area contributed by atoms with Crippen LogP contribution in [0.1, 0.15) is 17.0 Å². The van der Waals surface area contributed by atoms with Crippen molar-refractivity contribution in [3.05, 3.63) is 78.0 Å². The van der Waals surface area contributed by atoms with E-state index in [0.29, 0.717) is 44.1 Å². The predicted molar refractivity (Wildman–Crippen MR) is 115 cm³/mol. The number of hydrogen-bond acceptors (Lipinski definition) is 5. The topological polar surface area (TPSA) is 83.0 Å². The van der Waals surface area contributed by atoms with Gasteiger partial charge in [0.25, 0.3) is 0 Å². The Hall–Kier alpha value is -3.29. The van der Waals surface area contributed by atoms with Crippen molar-refractivity contribution < 1.29 is 14.3 Å². The van der Waals surface area contributed by atoms with Gasteiger partial charge in [-0.3, -0.25) is 15.2 Å². The van der Waals surface area contributed by atoms with E-state index in [1.807, 2.05) is 53.5 Å². The van der Waals surface area contributed by atoms with E-state index in [1.54, 1.807) is 18.3 Å². The van der Waals surface area contributed by atoms with Gasteiger partial charge in [-0.15, -0.1) is 0 Å². The molecular formula is C23H24N4O3. The van der Waals surface area contributed by atoms with E-state index in [-0.39, 0.29) is 11.8 Å². The summed E-state index contributed by atoms with van der Waals surface area (Å²) < 4.78 is 5.28. The molecule has 0 spiro atoms. The number of nitrogens with zero attached hydrogens (tertiary/aromatic N) is 2. The number of carbonyl (C=O) groups is 2. The van der Waals surface area contributed by atoms with Gasteiger partial charge >= 0.3 is 6.03 Å². The summed E-state index contributed by atoms with van der Waals surface area (Å²) in [4.78, 5) is 29.6. The molecule has 2 aliphatic heterocycles. The Morgan fingerprint density at radius 2 is 1.90 bits per heavy atom. The highest BCUT2D eigenvalue weighted by atomic mass is 16.5. The number of urea groups is 1. The molecule has 154 valence electrons. The number of amides is 2. The van der Waals surface area contributed by atoms with Crippen molar-refractivity contribution >= 4 is 23.2 Å². The van der Waals surface area contributed by atoms with Gasteiger partial charge in [-0.05, 0) is 23.3 Å². The van der Waals surface area contributed by atoms with Gasteiger partial charge in [-0.25, -0.2) is 9.80 Å². The van der Waals surface area contributed by atoms with Crippen molar-refractivity contribution in [3.8, 4) is 0 Å². The molecule has 1 atom stereocenters. The molecule has 2 aromatic carbocycles. The fourth-order valence-electron chi connectivity index (χ4n) is 3.52. The Kier molecular flexibility index (Phi) is 6.32. The molecule has 2 aromatic rings.